The van der Waals surface area contributed by atoms with E-state index in [1.807, 2.05) is 24.0 Å². The predicted molar refractivity (Wildman–Crippen MR) is 298 cm³/mol. The molecule has 1 N–H and O–H groups in total. The summed E-state index contributed by atoms with van der Waals surface area (Å²) in [6.45, 7) is 11.3. The van der Waals surface area contributed by atoms with E-state index in [2.05, 4.69) is 10.5 Å². The first-order chi connectivity index (χ1) is 37.2. The van der Waals surface area contributed by atoms with Crippen LogP contribution in [0.25, 0.3) is 21.7 Å². The number of nitrogens with one attached hydrogen (secondary N) is 1. The molecule has 3 aliphatic heterocycles. The lowest BCUT2D eigenvalue weighted by atomic mass is 9.96. The number of amides is 4. The summed E-state index contributed by atoms with van der Waals surface area (Å²) in [5, 5.41) is 7.59. The fraction of sp³-hybridized carbons (Fsp3) is 0.509. The van der Waals surface area contributed by atoms with Gasteiger partial charge in [0.25, 0.3) is 17.4 Å². The molecule has 422 valence electrons. The predicted octanol–water partition coefficient (Wildman–Crippen LogP) is 9.43. The van der Waals surface area contributed by atoms with E-state index in [1.54, 1.807) is 77.9 Å². The molecule has 0 radical (unpaired) electrons. The molecule has 2 aromatic heterocycles. The van der Waals surface area contributed by atoms with Crippen LogP contribution in [0.5, 0.6) is 0 Å². The van der Waals surface area contributed by atoms with Crippen molar-refractivity contribution in [1.29, 1.82) is 0 Å². The van der Waals surface area contributed by atoms with E-state index in [0.717, 1.165) is 59.6 Å². The van der Waals surface area contributed by atoms with Gasteiger partial charge in [-0.1, -0.05) is 100 Å². The molecule has 3 saturated heterocycles. The summed E-state index contributed by atoms with van der Waals surface area (Å²) in [4.78, 5) is 102. The summed E-state index contributed by atoms with van der Waals surface area (Å²) in [6.07, 6.45) is 5.15. The number of thioether (sulfide) groups is 2. The molecule has 4 amide bonds. The van der Waals surface area contributed by atoms with Crippen molar-refractivity contribution in [1.82, 2.24) is 29.7 Å². The third-order valence-electron chi connectivity index (χ3n) is 15.4. The maximum Gasteiger partial charge on any atom is 0.404 e. The van der Waals surface area contributed by atoms with Gasteiger partial charge in [0.15, 0.2) is 21.5 Å². The van der Waals surface area contributed by atoms with Gasteiger partial charge >= 0.3 is 13.3 Å². The van der Waals surface area contributed by atoms with Crippen LogP contribution in [-0.2, 0) is 45.5 Å². The minimum absolute atomic E-state index is 0.0319. The molecule has 3 aromatic carbocycles. The Morgan fingerprint density at radius 1 is 0.835 bits per heavy atom. The van der Waals surface area contributed by atoms with Crippen molar-refractivity contribution in [2.45, 2.75) is 122 Å². The van der Waals surface area contributed by atoms with E-state index in [-0.39, 0.29) is 68.9 Å². The number of carbonyl (C=O) groups excluding carboxylic acids is 6. The third kappa shape index (κ3) is 12.0. The van der Waals surface area contributed by atoms with Gasteiger partial charge in [-0.05, 0) is 98.2 Å². The topological polar surface area (TPSA) is 208 Å². The zero-order chi connectivity index (χ0) is 57.0. The normalized spacial score (nSPS) is 20.6. The van der Waals surface area contributed by atoms with Crippen molar-refractivity contribution < 1.29 is 55.7 Å². The zero-order valence-corrected chi connectivity index (χ0v) is 48.2. The van der Waals surface area contributed by atoms with E-state index in [1.165, 1.54) is 33.7 Å². The second-order valence-corrected chi connectivity index (χ2v) is 27.5. The molecular formula is C57H67F2N6O11PS2. The highest BCUT2D eigenvalue weighted by molar-refractivity contribution is 8.14. The number of hydrogen-bond acceptors (Lipinski definition) is 14. The molecule has 4 fully saturated rings. The lowest BCUT2D eigenvalue weighted by Gasteiger charge is -2.40. The molecule has 1 aliphatic carbocycles. The lowest BCUT2D eigenvalue weighted by molar-refractivity contribution is -0.148. The Balaban J connectivity index is 0.989. The minimum Gasteiger partial charge on any atom is -0.355 e. The van der Waals surface area contributed by atoms with Gasteiger partial charge in [-0.15, -0.1) is 0 Å². The molecule has 0 unspecified atom stereocenters. The number of carbonyl (C=O) groups is 6. The Hall–Kier alpha value is -5.73. The number of aryl methyl sites for hydroxylation is 2. The van der Waals surface area contributed by atoms with Crippen LogP contribution in [-0.4, -0.2) is 126 Å². The Morgan fingerprint density at radius 3 is 2.15 bits per heavy atom. The molecule has 4 atom stereocenters. The van der Waals surface area contributed by atoms with Gasteiger partial charge in [-0.25, -0.2) is 0 Å². The molecule has 1 saturated carbocycles. The molecule has 22 heteroatoms. The van der Waals surface area contributed by atoms with Gasteiger partial charge in [0.1, 0.15) is 12.1 Å². The van der Waals surface area contributed by atoms with Crippen molar-refractivity contribution in [3.8, 4) is 0 Å². The van der Waals surface area contributed by atoms with Gasteiger partial charge in [0, 0.05) is 83.4 Å². The summed E-state index contributed by atoms with van der Waals surface area (Å²) >= 11 is 1.71. The number of aromatic nitrogens is 2. The van der Waals surface area contributed by atoms with Crippen LogP contribution in [0.15, 0.2) is 82.2 Å². The van der Waals surface area contributed by atoms with Crippen molar-refractivity contribution >= 4 is 86.7 Å². The standard InChI is InChI=1S/C57H67F2N6O11PS2/c1-34-9-16-45-42(27-34)47(61-76-45)51(70)63-22-18-41-14-15-44(50(69)64-32-39(31-56(64)19-20-56)36-17-21-62(8)46(66)30-36)65(41)49(68)43(33-63)60-48(67)37-11-10-35-12-13-40(29-38(35)28-37)57(58,59)77(73,74-23-25-78-52(71)54(2,3)4)75-24-26-79-53(72)55(5,6)7/h9-13,16-17,21,27-30,39,41,43-44H,14-15,18-20,22-26,31-33H2,1-8H3,(H,60,67)/t39-,41-,43+,44+/m1/s1. The highest BCUT2D eigenvalue weighted by Crippen LogP contribution is 2.67. The highest BCUT2D eigenvalue weighted by Gasteiger charge is 2.59. The van der Waals surface area contributed by atoms with Crippen LogP contribution in [0.2, 0.25) is 0 Å². The van der Waals surface area contributed by atoms with Crippen LogP contribution in [0.3, 0.4) is 0 Å². The fourth-order valence-electron chi connectivity index (χ4n) is 10.7. The first kappa shape index (κ1) is 57.9. The maximum atomic E-state index is 16.9. The van der Waals surface area contributed by atoms with Gasteiger partial charge in [-0.3, -0.25) is 38.1 Å². The Kier molecular flexibility index (Phi) is 16.4. The fourth-order valence-corrected chi connectivity index (χ4v) is 14.0. The molecule has 0 bridgehead atoms. The number of fused-ring (bicyclic) bond motifs is 3. The van der Waals surface area contributed by atoms with Crippen molar-refractivity contribution in [2.24, 2.45) is 17.9 Å². The van der Waals surface area contributed by atoms with E-state index < -0.39 is 84.3 Å². The van der Waals surface area contributed by atoms with E-state index >= 15 is 13.6 Å². The van der Waals surface area contributed by atoms with E-state index in [9.17, 15) is 33.3 Å². The Morgan fingerprint density at radius 2 is 1.51 bits per heavy atom. The SMILES string of the molecule is Cc1ccc2onc(C(=O)N3CC[C@H]4CC[C@@H](C(=O)N5C[C@H](c6ccn(C)c(=O)c6)CC56CC6)N4C(=O)[C@@H](NC(=O)c4ccc5ccc(C(F)(F)P(=O)(OCCSC(=O)C(C)(C)C)OCCSC(=O)C(C)(C)C)cc5c4)C3)c2c1. The molecule has 5 aromatic rings. The molecule has 17 nitrogen and oxygen atoms in total. The smallest absolute Gasteiger partial charge is 0.355 e. The first-order valence-corrected chi connectivity index (χ1v) is 30.1. The molecule has 1 spiro atoms. The van der Waals surface area contributed by atoms with Crippen LogP contribution in [0.4, 0.5) is 8.78 Å². The largest absolute Gasteiger partial charge is 0.404 e. The summed E-state index contributed by atoms with van der Waals surface area (Å²) in [6, 6.07) is 14.0. The lowest BCUT2D eigenvalue weighted by Crippen LogP contribution is -2.61. The van der Waals surface area contributed by atoms with Crippen LogP contribution >= 0.6 is 31.1 Å². The molecular weight excluding hydrogens is 1080 g/mol. The number of likely N-dealkylation sites (tertiary alicyclic amines) is 1. The molecule has 5 heterocycles. The molecule has 79 heavy (non-hydrogen) atoms. The summed E-state index contributed by atoms with van der Waals surface area (Å²) < 4.78 is 66.0. The van der Waals surface area contributed by atoms with Gasteiger partial charge < -0.3 is 38.2 Å². The molecule has 9 rings (SSSR count). The molecule has 4 aliphatic rings. The quantitative estimate of drug-likeness (QED) is 0.0766. The summed E-state index contributed by atoms with van der Waals surface area (Å²) in [7, 11) is -3.70. The zero-order valence-electron chi connectivity index (χ0n) is 45.7. The second kappa shape index (κ2) is 22.3. The van der Waals surface area contributed by atoms with Crippen molar-refractivity contribution in [3.63, 3.8) is 0 Å². The monoisotopic (exact) mass is 1140 g/mol. The van der Waals surface area contributed by atoms with Crippen LogP contribution in [0, 0.1) is 17.8 Å². The first-order valence-electron chi connectivity index (χ1n) is 26.6. The summed E-state index contributed by atoms with van der Waals surface area (Å²) in [5.74, 6) is -2.32. The number of alkyl halides is 2. The Labute approximate surface area is 465 Å². The summed E-state index contributed by atoms with van der Waals surface area (Å²) in [5.41, 5.74) is -4.88. The number of hydrogen-bond donors (Lipinski definition) is 1. The number of benzene rings is 3. The van der Waals surface area contributed by atoms with Crippen LogP contribution < -0.4 is 10.9 Å². The van der Waals surface area contributed by atoms with Gasteiger partial charge in [0.05, 0.1) is 25.1 Å². The van der Waals surface area contributed by atoms with Crippen molar-refractivity contribution in [2.75, 3.05) is 44.4 Å². The average molecular weight is 1150 g/mol. The van der Waals surface area contributed by atoms with Gasteiger partial charge in [0.2, 0.25) is 11.8 Å². The maximum absolute atomic E-state index is 16.9. The number of nitrogens with zero attached hydrogens (tertiary/aromatic N) is 5. The van der Waals surface area contributed by atoms with Crippen LogP contribution in [0.1, 0.15) is 124 Å². The minimum atomic E-state index is -5.38. The Bertz CT molecular complexity index is 3310. The van der Waals surface area contributed by atoms with E-state index in [0.29, 0.717) is 48.6 Å². The van der Waals surface area contributed by atoms with E-state index in [4.69, 9.17) is 13.6 Å². The number of pyridine rings is 1. The highest BCUT2D eigenvalue weighted by atomic mass is 32.2. The second-order valence-electron chi connectivity index (χ2n) is 23.3. The third-order valence-corrected chi connectivity index (χ3v) is 19.8. The van der Waals surface area contributed by atoms with Gasteiger partial charge in [-0.2, -0.15) is 8.78 Å². The average Bonchev–Trinajstić information content (AvgIpc) is 3.98. The number of rotatable bonds is 15. The van der Waals surface area contributed by atoms with Crippen molar-refractivity contribution in [3.05, 3.63) is 111 Å². The number of halogens is 2.